The van der Waals surface area contributed by atoms with Crippen LogP contribution in [0.4, 0.5) is 5.69 Å². The Balaban J connectivity index is 3.08. The van der Waals surface area contributed by atoms with Crippen molar-refractivity contribution in [2.45, 2.75) is 24.3 Å². The summed E-state index contributed by atoms with van der Waals surface area (Å²) in [6, 6.07) is 2.74. The highest BCUT2D eigenvalue weighted by atomic mass is 35.5. The van der Waals surface area contributed by atoms with E-state index in [4.69, 9.17) is 22.4 Å². The van der Waals surface area contributed by atoms with Crippen molar-refractivity contribution in [1.29, 1.82) is 0 Å². The van der Waals surface area contributed by atoms with Gasteiger partial charge < -0.3 is 15.9 Å². The van der Waals surface area contributed by atoms with Crippen molar-refractivity contribution in [1.82, 2.24) is 4.72 Å². The fourth-order valence-electron chi connectivity index (χ4n) is 1.34. The van der Waals surface area contributed by atoms with E-state index >= 15 is 0 Å². The number of nitrogens with two attached hydrogens (primary N) is 1. The van der Waals surface area contributed by atoms with E-state index in [2.05, 4.69) is 4.72 Å². The first-order valence-electron chi connectivity index (χ1n) is 5.47. The molecule has 6 nitrogen and oxygen atoms in total. The fourth-order valence-corrected chi connectivity index (χ4v) is 3.09. The van der Waals surface area contributed by atoms with Gasteiger partial charge in [0.25, 0.3) is 0 Å². The summed E-state index contributed by atoms with van der Waals surface area (Å²) in [5, 5.41) is 18.7. The minimum Gasteiger partial charge on any atom is -0.398 e. The molecule has 108 valence electrons. The Morgan fingerprint density at radius 3 is 2.58 bits per heavy atom. The minimum absolute atomic E-state index is 0.0498. The molecule has 1 aromatic carbocycles. The molecule has 0 aliphatic heterocycles. The molecule has 8 heteroatoms. The van der Waals surface area contributed by atoms with Crippen LogP contribution in [0.2, 0.25) is 5.02 Å². The van der Waals surface area contributed by atoms with Crippen LogP contribution >= 0.6 is 11.6 Å². The first-order chi connectivity index (χ1) is 8.59. The van der Waals surface area contributed by atoms with Crippen molar-refractivity contribution >= 4 is 27.3 Å². The third-order valence-corrected chi connectivity index (χ3v) is 4.38. The smallest absolute Gasteiger partial charge is 0.241 e. The van der Waals surface area contributed by atoms with E-state index in [9.17, 15) is 13.5 Å². The first kappa shape index (κ1) is 16.2. The molecular weight excluding hydrogens is 292 g/mol. The van der Waals surface area contributed by atoms with Crippen LogP contribution in [0.5, 0.6) is 0 Å². The molecular formula is C11H17ClN2O4S. The number of sulfonamides is 1. The highest BCUT2D eigenvalue weighted by Crippen LogP contribution is 2.25. The average Bonchev–Trinajstić information content (AvgIpc) is 2.31. The SMILES string of the molecule is Cc1c(N)cc(Cl)cc1S(=O)(=O)NCC(C)(O)CO. The van der Waals surface area contributed by atoms with Crippen LogP contribution in [0.3, 0.4) is 0 Å². The number of aliphatic hydroxyl groups is 2. The van der Waals surface area contributed by atoms with E-state index < -0.39 is 22.2 Å². The predicted octanol–water partition coefficient (Wildman–Crippen LogP) is 0.252. The van der Waals surface area contributed by atoms with Gasteiger partial charge in [-0.3, -0.25) is 0 Å². The van der Waals surface area contributed by atoms with Crippen LogP contribution in [0.15, 0.2) is 17.0 Å². The molecule has 0 fully saturated rings. The number of benzene rings is 1. The third-order valence-electron chi connectivity index (χ3n) is 2.64. The molecule has 1 unspecified atom stereocenters. The number of nitrogens with one attached hydrogen (secondary N) is 1. The second-order valence-electron chi connectivity index (χ2n) is 4.60. The van der Waals surface area contributed by atoms with Crippen LogP contribution in [0.25, 0.3) is 0 Å². The van der Waals surface area contributed by atoms with Gasteiger partial charge in [-0.1, -0.05) is 11.6 Å². The molecule has 0 aliphatic carbocycles. The minimum atomic E-state index is -3.86. The quantitative estimate of drug-likeness (QED) is 0.583. The molecule has 0 aliphatic rings. The molecule has 0 radical (unpaired) electrons. The maximum absolute atomic E-state index is 12.1. The Morgan fingerprint density at radius 1 is 1.47 bits per heavy atom. The Hall–Kier alpha value is -0.860. The number of hydrogen-bond acceptors (Lipinski definition) is 5. The van der Waals surface area contributed by atoms with Gasteiger partial charge in [-0.15, -0.1) is 0 Å². The predicted molar refractivity (Wildman–Crippen MR) is 73.5 cm³/mol. The van der Waals surface area contributed by atoms with Crippen molar-refractivity contribution in [3.63, 3.8) is 0 Å². The summed E-state index contributed by atoms with van der Waals surface area (Å²) in [5.41, 5.74) is 4.76. The third kappa shape index (κ3) is 4.05. The van der Waals surface area contributed by atoms with Gasteiger partial charge in [0.2, 0.25) is 10.0 Å². The number of rotatable bonds is 5. The lowest BCUT2D eigenvalue weighted by atomic mass is 10.1. The largest absolute Gasteiger partial charge is 0.398 e. The number of hydrogen-bond donors (Lipinski definition) is 4. The van der Waals surface area contributed by atoms with E-state index in [-0.39, 0.29) is 22.2 Å². The standard InChI is InChI=1S/C11H17ClN2O4S/c1-7-9(13)3-8(12)4-10(7)19(17,18)14-5-11(2,16)6-15/h3-4,14-16H,5-6,13H2,1-2H3. The van der Waals surface area contributed by atoms with Gasteiger partial charge in [0.1, 0.15) is 0 Å². The Kier molecular flexibility index (Phi) is 4.81. The summed E-state index contributed by atoms with van der Waals surface area (Å²) in [6.07, 6.45) is 0. The molecule has 0 saturated carbocycles. The van der Waals surface area contributed by atoms with Crippen molar-refractivity contribution in [2.75, 3.05) is 18.9 Å². The lowest BCUT2D eigenvalue weighted by molar-refractivity contribution is 0.00681. The summed E-state index contributed by atoms with van der Waals surface area (Å²) in [5.74, 6) is 0. The van der Waals surface area contributed by atoms with E-state index in [1.807, 2.05) is 0 Å². The molecule has 1 rings (SSSR count). The maximum Gasteiger partial charge on any atom is 0.241 e. The van der Waals surface area contributed by atoms with Gasteiger partial charge in [0, 0.05) is 17.3 Å². The molecule has 0 heterocycles. The van der Waals surface area contributed by atoms with E-state index in [0.29, 0.717) is 5.56 Å². The Morgan fingerprint density at radius 2 is 2.05 bits per heavy atom. The van der Waals surface area contributed by atoms with E-state index in [1.165, 1.54) is 19.1 Å². The number of aliphatic hydroxyl groups excluding tert-OH is 1. The fraction of sp³-hybridized carbons (Fsp3) is 0.455. The van der Waals surface area contributed by atoms with Gasteiger partial charge in [0.15, 0.2) is 0 Å². The molecule has 0 saturated heterocycles. The van der Waals surface area contributed by atoms with E-state index in [0.717, 1.165) is 0 Å². The summed E-state index contributed by atoms with van der Waals surface area (Å²) < 4.78 is 26.4. The molecule has 0 aromatic heterocycles. The van der Waals surface area contributed by atoms with Gasteiger partial charge in [0.05, 0.1) is 17.1 Å². The summed E-state index contributed by atoms with van der Waals surface area (Å²) in [7, 11) is -3.86. The lowest BCUT2D eigenvalue weighted by Crippen LogP contribution is -2.43. The van der Waals surface area contributed by atoms with Gasteiger partial charge in [-0.25, -0.2) is 13.1 Å². The maximum atomic E-state index is 12.1. The van der Waals surface area contributed by atoms with Crippen LogP contribution in [0, 0.1) is 6.92 Å². The van der Waals surface area contributed by atoms with Gasteiger partial charge in [-0.2, -0.15) is 0 Å². The van der Waals surface area contributed by atoms with Crippen LogP contribution in [0.1, 0.15) is 12.5 Å². The van der Waals surface area contributed by atoms with E-state index in [1.54, 1.807) is 6.92 Å². The zero-order valence-corrected chi connectivity index (χ0v) is 12.2. The Labute approximate surface area is 117 Å². The van der Waals surface area contributed by atoms with Crippen molar-refractivity contribution in [3.05, 3.63) is 22.7 Å². The molecule has 5 N–H and O–H groups in total. The molecule has 1 atom stereocenters. The summed E-state index contributed by atoms with van der Waals surface area (Å²) in [6.45, 7) is 1.99. The highest BCUT2D eigenvalue weighted by Gasteiger charge is 2.25. The number of halogens is 1. The van der Waals surface area contributed by atoms with Crippen LogP contribution in [-0.2, 0) is 10.0 Å². The van der Waals surface area contributed by atoms with Crippen LogP contribution < -0.4 is 10.5 Å². The number of anilines is 1. The highest BCUT2D eigenvalue weighted by molar-refractivity contribution is 7.89. The Bertz CT molecular complexity index is 572. The summed E-state index contributed by atoms with van der Waals surface area (Å²) in [4.78, 5) is -0.0498. The second-order valence-corrected chi connectivity index (χ2v) is 6.77. The zero-order chi connectivity index (χ0) is 14.8. The molecule has 1 aromatic rings. The van der Waals surface area contributed by atoms with Crippen molar-refractivity contribution in [2.24, 2.45) is 0 Å². The van der Waals surface area contributed by atoms with Gasteiger partial charge >= 0.3 is 0 Å². The number of nitrogen functional groups attached to an aromatic ring is 1. The normalized spacial score (nSPS) is 15.2. The van der Waals surface area contributed by atoms with Crippen molar-refractivity contribution < 1.29 is 18.6 Å². The molecule has 0 bridgehead atoms. The topological polar surface area (TPSA) is 113 Å². The molecule has 19 heavy (non-hydrogen) atoms. The molecule has 0 spiro atoms. The molecule has 0 amide bonds. The van der Waals surface area contributed by atoms with Crippen molar-refractivity contribution in [3.8, 4) is 0 Å². The lowest BCUT2D eigenvalue weighted by Gasteiger charge is -2.21. The second kappa shape index (κ2) is 5.64. The van der Waals surface area contributed by atoms with Crippen LogP contribution in [-0.4, -0.2) is 37.4 Å². The van der Waals surface area contributed by atoms with Gasteiger partial charge in [-0.05, 0) is 31.5 Å². The zero-order valence-electron chi connectivity index (χ0n) is 10.6. The average molecular weight is 309 g/mol. The monoisotopic (exact) mass is 308 g/mol. The first-order valence-corrected chi connectivity index (χ1v) is 7.34. The summed E-state index contributed by atoms with van der Waals surface area (Å²) >= 11 is 5.78.